The summed E-state index contributed by atoms with van der Waals surface area (Å²) in [5.41, 5.74) is 0. The van der Waals surface area contributed by atoms with E-state index in [1.165, 1.54) is 39.3 Å². The fraction of sp³-hybridized carbons (Fsp3) is 1.00. The van der Waals surface area contributed by atoms with Gasteiger partial charge in [-0.25, -0.2) is 0 Å². The summed E-state index contributed by atoms with van der Waals surface area (Å²) in [7, 11) is -10.2. The molecule has 23 heavy (non-hydrogen) atoms. The Morgan fingerprint density at radius 1 is 0.609 bits per heavy atom. The van der Waals surface area contributed by atoms with Gasteiger partial charge in [0.25, 0.3) is 0 Å². The highest BCUT2D eigenvalue weighted by Crippen LogP contribution is 1.91. The zero-order chi connectivity index (χ0) is 19.1. The molecule has 9 nitrogen and oxygen atoms in total. The van der Waals surface area contributed by atoms with E-state index in [4.69, 9.17) is 9.11 Å². The maximum absolute atomic E-state index is 9.44. The van der Waals surface area contributed by atoms with Crippen LogP contribution < -0.4 is 0 Å². The number of nitrogens with zero attached hydrogens (tertiary/aromatic N) is 2. The van der Waals surface area contributed by atoms with Gasteiger partial charge in [-0.15, -0.1) is 3.63 Å². The van der Waals surface area contributed by atoms with Crippen molar-refractivity contribution in [1.29, 1.82) is 0 Å². The number of rotatable bonds is 8. The van der Waals surface area contributed by atoms with Crippen molar-refractivity contribution in [2.45, 2.75) is 41.5 Å². The van der Waals surface area contributed by atoms with Gasteiger partial charge in [0, 0.05) is 0 Å². The summed E-state index contributed by atoms with van der Waals surface area (Å²) >= 11 is 0. The molecule has 0 aliphatic carbocycles. The van der Waals surface area contributed by atoms with E-state index in [1.807, 2.05) is 0 Å². The molecule has 0 rings (SSSR count). The molecule has 0 atom stereocenters. The Labute approximate surface area is 141 Å². The number of hydrogen-bond acceptors (Lipinski definition) is 7. The van der Waals surface area contributed by atoms with Crippen molar-refractivity contribution in [3.8, 4) is 0 Å². The minimum Gasteiger partial charge on any atom is -0.304 e. The first-order chi connectivity index (χ1) is 10.4. The van der Waals surface area contributed by atoms with E-state index in [-0.39, 0.29) is 0 Å². The smallest absolute Gasteiger partial charge is 0.304 e. The highest BCUT2D eigenvalue weighted by Gasteiger charge is 2.15. The molecule has 0 spiro atoms. The third-order valence-corrected chi connectivity index (χ3v) is 4.23. The van der Waals surface area contributed by atoms with Crippen LogP contribution in [0.1, 0.15) is 41.5 Å². The van der Waals surface area contributed by atoms with Crippen LogP contribution in [0.25, 0.3) is 0 Å². The second-order valence-electron chi connectivity index (χ2n) is 4.16. The molecule has 0 aromatic rings. The van der Waals surface area contributed by atoms with E-state index < -0.39 is 20.8 Å². The summed E-state index contributed by atoms with van der Waals surface area (Å²) in [5.74, 6) is 0. The summed E-state index contributed by atoms with van der Waals surface area (Å²) in [6.07, 6.45) is 0. The first kappa shape index (κ1) is 27.5. The maximum Gasteiger partial charge on any atom is 0.413 e. The molecular formula is C12H32N2O7S2. The first-order valence-corrected chi connectivity index (χ1v) is 10.2. The Balaban J connectivity index is -0.000000264. The van der Waals surface area contributed by atoms with Gasteiger partial charge < -0.3 is 9.80 Å². The lowest BCUT2D eigenvalue weighted by atomic mass is 10.5. The maximum atomic E-state index is 9.44. The normalized spacial score (nSPS) is 11.6. The Kier molecular flexibility index (Phi) is 18.3. The molecule has 0 aliphatic rings. The molecule has 2 N–H and O–H groups in total. The van der Waals surface area contributed by atoms with Crippen LogP contribution in [0, 0.1) is 0 Å². The van der Waals surface area contributed by atoms with Crippen molar-refractivity contribution < 1.29 is 29.6 Å². The van der Waals surface area contributed by atoms with E-state index in [0.717, 1.165) is 0 Å². The lowest BCUT2D eigenvalue weighted by molar-refractivity contribution is 0.321. The Bertz CT molecular complexity index is 391. The molecule has 11 heteroatoms. The fourth-order valence-electron chi connectivity index (χ4n) is 1.45. The van der Waals surface area contributed by atoms with Gasteiger partial charge >= 0.3 is 20.8 Å². The van der Waals surface area contributed by atoms with Crippen molar-refractivity contribution in [3.63, 3.8) is 0 Å². The summed E-state index contributed by atoms with van der Waals surface area (Å²) in [6, 6.07) is 0. The Morgan fingerprint density at radius 2 is 0.783 bits per heavy atom. The second kappa shape index (κ2) is 15.2. The van der Waals surface area contributed by atoms with Crippen LogP contribution in [-0.4, -0.2) is 75.0 Å². The van der Waals surface area contributed by atoms with Crippen molar-refractivity contribution in [3.05, 3.63) is 0 Å². The van der Waals surface area contributed by atoms with Gasteiger partial charge in [0.05, 0.1) is 0 Å². The van der Waals surface area contributed by atoms with E-state index >= 15 is 0 Å². The van der Waals surface area contributed by atoms with Crippen LogP contribution in [0.2, 0.25) is 0 Å². The molecule has 0 amide bonds. The minimum absolute atomic E-state index is 1.19. The van der Waals surface area contributed by atoms with Crippen molar-refractivity contribution in [2.75, 3.05) is 39.3 Å². The molecule has 0 aliphatic heterocycles. The topological polar surface area (TPSA) is 124 Å². The molecule has 0 aromatic carbocycles. The van der Waals surface area contributed by atoms with Gasteiger partial charge in [-0.05, 0) is 39.3 Å². The summed E-state index contributed by atoms with van der Waals surface area (Å²) in [6.45, 7) is 20.2. The summed E-state index contributed by atoms with van der Waals surface area (Å²) < 4.78 is 55.6. The van der Waals surface area contributed by atoms with E-state index in [9.17, 15) is 16.8 Å². The summed E-state index contributed by atoms with van der Waals surface area (Å²) in [5, 5.41) is 0. The molecule has 0 unspecified atom stereocenters. The Hall–Kier alpha value is -0.300. The van der Waals surface area contributed by atoms with Crippen LogP contribution in [0.5, 0.6) is 0 Å². The zero-order valence-corrected chi connectivity index (χ0v) is 16.5. The van der Waals surface area contributed by atoms with Crippen LogP contribution in [0.3, 0.4) is 0 Å². The van der Waals surface area contributed by atoms with Crippen molar-refractivity contribution in [2.24, 2.45) is 0 Å². The quantitative estimate of drug-likeness (QED) is 0.599. The first-order valence-electron chi connectivity index (χ1n) is 7.51. The van der Waals surface area contributed by atoms with Gasteiger partial charge in [0.1, 0.15) is 0 Å². The second-order valence-corrected chi connectivity index (χ2v) is 6.42. The lowest BCUT2D eigenvalue weighted by Gasteiger charge is -2.13. The highest BCUT2D eigenvalue weighted by atomic mass is 32.3. The predicted molar refractivity (Wildman–Crippen MR) is 91.1 cm³/mol. The van der Waals surface area contributed by atoms with E-state index in [0.29, 0.717) is 0 Å². The van der Waals surface area contributed by atoms with Crippen LogP contribution in [0.4, 0.5) is 0 Å². The third kappa shape index (κ3) is 26.9. The monoisotopic (exact) mass is 380 g/mol. The number of hydrogen-bond donors (Lipinski definition) is 2. The highest BCUT2D eigenvalue weighted by molar-refractivity contribution is 7.94. The predicted octanol–water partition coefficient (Wildman–Crippen LogP) is 1.30. The lowest BCUT2D eigenvalue weighted by Crippen LogP contribution is -2.21. The Morgan fingerprint density at radius 3 is 0.783 bits per heavy atom. The molecule has 144 valence electrons. The summed E-state index contributed by atoms with van der Waals surface area (Å²) in [4.78, 5) is 4.75. The molecule has 0 aromatic heterocycles. The average Bonchev–Trinajstić information content (AvgIpc) is 2.40. The molecule has 0 heterocycles. The van der Waals surface area contributed by atoms with Crippen molar-refractivity contribution >= 4 is 20.8 Å². The fourth-order valence-corrected chi connectivity index (χ4v) is 2.32. The van der Waals surface area contributed by atoms with Gasteiger partial charge in [-0.2, -0.15) is 16.8 Å². The van der Waals surface area contributed by atoms with Gasteiger partial charge in [0.2, 0.25) is 0 Å². The SMILES string of the molecule is CCN(CC)CC.CCN(CC)CC.O=S(=O)(O)OS(=O)(=O)O. The standard InChI is InChI=1S/2C6H15N.H2O7S2/c2*1-4-7(5-2)6-3;1-8(2,3)7-9(4,5)6/h2*4-6H2,1-3H3;(H,1,2,3)(H,4,5,6). The van der Waals surface area contributed by atoms with E-state index in [1.54, 1.807) is 0 Å². The van der Waals surface area contributed by atoms with E-state index in [2.05, 4.69) is 55.0 Å². The molecule has 0 fully saturated rings. The third-order valence-electron chi connectivity index (χ3n) is 2.86. The molecule has 0 bridgehead atoms. The largest absolute Gasteiger partial charge is 0.413 e. The van der Waals surface area contributed by atoms with Crippen LogP contribution in [0.15, 0.2) is 0 Å². The van der Waals surface area contributed by atoms with Crippen molar-refractivity contribution in [1.82, 2.24) is 9.80 Å². The van der Waals surface area contributed by atoms with Crippen LogP contribution in [-0.2, 0) is 24.4 Å². The zero-order valence-electron chi connectivity index (χ0n) is 14.9. The van der Waals surface area contributed by atoms with Gasteiger partial charge in [-0.3, -0.25) is 9.11 Å². The van der Waals surface area contributed by atoms with Gasteiger partial charge in [0.15, 0.2) is 0 Å². The van der Waals surface area contributed by atoms with Gasteiger partial charge in [-0.1, -0.05) is 41.5 Å². The molecule has 0 radical (unpaired) electrons. The minimum atomic E-state index is -5.12. The average molecular weight is 381 g/mol. The molecule has 0 saturated carbocycles. The molecular weight excluding hydrogens is 348 g/mol. The molecule has 0 saturated heterocycles. The van der Waals surface area contributed by atoms with Crippen LogP contribution >= 0.6 is 0 Å².